The molecule has 0 aromatic heterocycles. The molecule has 0 spiro atoms. The molecule has 2 N–H and O–H groups in total. The normalized spacial score (nSPS) is 15.5. The minimum Gasteiger partial charge on any atom is -0.545 e. The molecule has 0 saturated carbocycles. The molecule has 31 heavy (non-hydrogen) atoms. The summed E-state index contributed by atoms with van der Waals surface area (Å²) >= 11 is 1.80. The summed E-state index contributed by atoms with van der Waals surface area (Å²) in [6.07, 6.45) is 0.769. The zero-order valence-corrected chi connectivity index (χ0v) is 18.7. The average Bonchev–Trinajstić information content (AvgIpc) is 2.72. The highest BCUT2D eigenvalue weighted by Crippen LogP contribution is 2.40. The summed E-state index contributed by atoms with van der Waals surface area (Å²) in [7, 11) is 4.39. The Morgan fingerprint density at radius 1 is 1.00 bits per heavy atom. The number of hydrogen-bond acceptors (Lipinski definition) is 6. The van der Waals surface area contributed by atoms with Gasteiger partial charge in [0.1, 0.15) is 12.6 Å². The van der Waals surface area contributed by atoms with Gasteiger partial charge in [0.15, 0.2) is 17.2 Å². The van der Waals surface area contributed by atoms with Gasteiger partial charge in [0, 0.05) is 17.7 Å². The Morgan fingerprint density at radius 2 is 1.58 bits per heavy atom. The number of fused-ring (bicyclic) bond motifs is 2. The first kappa shape index (κ1) is 24.3. The summed E-state index contributed by atoms with van der Waals surface area (Å²) in [6, 6.07) is 15.2. The highest BCUT2D eigenvalue weighted by atomic mass is 32.2. The van der Waals surface area contributed by atoms with Crippen LogP contribution in [-0.2, 0) is 9.59 Å². The molecule has 1 heterocycles. The number of ketones is 1. The number of hydrogen-bond donors (Lipinski definition) is 2. The second kappa shape index (κ2) is 10.9. The van der Waals surface area contributed by atoms with E-state index in [0.717, 1.165) is 12.1 Å². The fourth-order valence-electron chi connectivity index (χ4n) is 3.01. The van der Waals surface area contributed by atoms with Gasteiger partial charge in [-0.2, -0.15) is 0 Å². The number of carbonyl (C=O) groups excluding carboxylic acids is 3. The van der Waals surface area contributed by atoms with Crippen LogP contribution < -0.4 is 20.0 Å². The third kappa shape index (κ3) is 6.78. The molecule has 2 aromatic carbocycles. The van der Waals surface area contributed by atoms with Crippen molar-refractivity contribution < 1.29 is 34.4 Å². The first-order chi connectivity index (χ1) is 14.6. The largest absolute Gasteiger partial charge is 0.545 e. The Hall–Kier alpha value is -2.94. The predicted molar refractivity (Wildman–Crippen MR) is 114 cm³/mol. The molecule has 3 rings (SSSR count). The molecule has 8 heteroatoms. The highest BCUT2D eigenvalue weighted by molar-refractivity contribution is 7.99. The van der Waals surface area contributed by atoms with Gasteiger partial charge in [-0.05, 0) is 44.2 Å². The maximum absolute atomic E-state index is 11.8. The summed E-state index contributed by atoms with van der Waals surface area (Å²) in [4.78, 5) is 36.0. The Kier molecular flexibility index (Phi) is 8.56. The Morgan fingerprint density at radius 3 is 2.13 bits per heavy atom. The van der Waals surface area contributed by atoms with Gasteiger partial charge in [-0.15, -0.1) is 0 Å². The van der Waals surface area contributed by atoms with Gasteiger partial charge in [-0.25, -0.2) is 0 Å². The van der Waals surface area contributed by atoms with E-state index in [1.165, 1.54) is 31.0 Å². The highest BCUT2D eigenvalue weighted by Gasteiger charge is 2.31. The van der Waals surface area contributed by atoms with Crippen LogP contribution in [-0.4, -0.2) is 44.4 Å². The Balaban J connectivity index is 0.000000366. The number of Topliss-reactive ketones (excluding diaryl/α,β-unsaturated/α-hetero) is 1. The van der Waals surface area contributed by atoms with Crippen LogP contribution in [0.5, 0.6) is 0 Å². The average molecular weight is 443 g/mol. The van der Waals surface area contributed by atoms with Crippen LogP contribution in [0.15, 0.2) is 64.4 Å². The number of quaternary nitrogens is 2. The topological polar surface area (TPSA) is 106 Å². The van der Waals surface area contributed by atoms with Crippen molar-refractivity contribution in [2.75, 3.05) is 20.6 Å². The Labute approximate surface area is 186 Å². The van der Waals surface area contributed by atoms with Gasteiger partial charge in [-0.1, -0.05) is 23.9 Å². The zero-order chi connectivity index (χ0) is 23.1. The van der Waals surface area contributed by atoms with E-state index in [-0.39, 0.29) is 5.78 Å². The van der Waals surface area contributed by atoms with Gasteiger partial charge in [0.2, 0.25) is 0 Å². The molecule has 0 bridgehead atoms. The van der Waals surface area contributed by atoms with Gasteiger partial charge in [0.25, 0.3) is 0 Å². The summed E-state index contributed by atoms with van der Waals surface area (Å²) in [5.41, 5.74) is 3.35. The summed E-state index contributed by atoms with van der Waals surface area (Å²) in [5, 5.41) is 18.8. The smallest absolute Gasteiger partial charge is 0.160 e. The van der Waals surface area contributed by atoms with Gasteiger partial charge < -0.3 is 24.7 Å². The first-order valence-electron chi connectivity index (χ1n) is 9.78. The van der Waals surface area contributed by atoms with E-state index >= 15 is 0 Å². The second-order valence-electron chi connectivity index (χ2n) is 7.50. The predicted octanol–water partition coefficient (Wildman–Crippen LogP) is -1.22. The molecule has 0 fully saturated rings. The number of carboxylic acids is 2. The lowest BCUT2D eigenvalue weighted by Gasteiger charge is -2.29. The van der Waals surface area contributed by atoms with Crippen LogP contribution in [0, 0.1) is 0 Å². The molecule has 2 unspecified atom stereocenters. The molecule has 0 aliphatic carbocycles. The van der Waals surface area contributed by atoms with E-state index in [4.69, 9.17) is 0 Å². The fraction of sp³-hybridized carbons (Fsp3) is 0.261. The standard InChI is InChI=1S/C19H22N2OS.C4H4O4/c1-13(20(3)4)12-21-16-7-5-6-8-18(16)23-19-10-9-15(14(2)22)11-17(19)21;5-3(6)1-2-4(7)8/h5-11,13H,12H2,1-4H3;1-2H,(H,5,6)(H,7,8). The van der Waals surface area contributed by atoms with Crippen LogP contribution in [0.4, 0.5) is 11.4 Å². The quantitative estimate of drug-likeness (QED) is 0.429. The zero-order valence-electron chi connectivity index (χ0n) is 17.9. The van der Waals surface area contributed by atoms with Crippen molar-refractivity contribution in [3.05, 3.63) is 60.2 Å². The fourth-order valence-corrected chi connectivity index (χ4v) is 4.12. The molecule has 164 valence electrons. The second-order valence-corrected chi connectivity index (χ2v) is 8.58. The first-order valence-corrected chi connectivity index (χ1v) is 10.6. The van der Waals surface area contributed by atoms with Crippen molar-refractivity contribution in [1.29, 1.82) is 0 Å². The molecular formula is C23H26N2O5S. The third-order valence-electron chi connectivity index (χ3n) is 4.99. The van der Waals surface area contributed by atoms with Crippen LogP contribution >= 0.6 is 11.8 Å². The molecule has 1 aliphatic heterocycles. The third-order valence-corrected chi connectivity index (χ3v) is 6.15. The monoisotopic (exact) mass is 442 g/mol. The molecule has 0 amide bonds. The van der Waals surface area contributed by atoms with Crippen molar-refractivity contribution in [2.24, 2.45) is 0 Å². The van der Waals surface area contributed by atoms with Gasteiger partial charge in [0.05, 0.1) is 35.8 Å². The van der Waals surface area contributed by atoms with Gasteiger partial charge >= 0.3 is 0 Å². The number of carboxylic acid groups (broad SMARTS) is 2. The lowest BCUT2D eigenvalue weighted by molar-refractivity contribution is -0.913. The van der Waals surface area contributed by atoms with E-state index in [2.05, 4.69) is 57.4 Å². The number of aliphatic carboxylic acids is 2. The van der Waals surface area contributed by atoms with E-state index in [1.54, 1.807) is 18.7 Å². The van der Waals surface area contributed by atoms with Crippen molar-refractivity contribution in [1.82, 2.24) is 0 Å². The van der Waals surface area contributed by atoms with Gasteiger partial charge in [-0.3, -0.25) is 9.69 Å². The maximum Gasteiger partial charge on any atom is 0.160 e. The van der Waals surface area contributed by atoms with Crippen LogP contribution in [0.1, 0.15) is 24.2 Å². The minimum atomic E-state index is -1.55. The van der Waals surface area contributed by atoms with E-state index in [1.807, 2.05) is 6.07 Å². The Bertz CT molecular complexity index is 987. The number of likely N-dealkylation sites (N-methyl/N-ethyl adjacent to an activating group) is 1. The minimum absolute atomic E-state index is 0.127. The lowest BCUT2D eigenvalue weighted by Crippen LogP contribution is -3.16. The molecule has 2 aromatic rings. The molecule has 2 atom stereocenters. The SMILES string of the molecule is CC(=O)c1ccc2c(c1)[NH+](CC(C)[NH+](C)C)c1ccccc1S2.O=C([O-])C=CC(=O)[O-]. The number of nitrogens with one attached hydrogen (secondary N) is 2. The van der Waals surface area contributed by atoms with Crippen LogP contribution in [0.3, 0.4) is 0 Å². The van der Waals surface area contributed by atoms with E-state index < -0.39 is 11.9 Å². The number of para-hydroxylation sites is 1. The molecule has 0 radical (unpaired) electrons. The summed E-state index contributed by atoms with van der Waals surface area (Å²) in [6.45, 7) is 4.92. The molecule has 7 nitrogen and oxygen atoms in total. The summed E-state index contributed by atoms with van der Waals surface area (Å²) < 4.78 is 0. The van der Waals surface area contributed by atoms with Crippen molar-refractivity contribution in [3.63, 3.8) is 0 Å². The number of benzene rings is 2. The molecule has 0 saturated heterocycles. The number of carbonyl (C=O) groups is 3. The molecule has 1 aliphatic rings. The number of rotatable bonds is 6. The summed E-state index contributed by atoms with van der Waals surface area (Å²) in [5.74, 6) is -2.97. The van der Waals surface area contributed by atoms with Crippen molar-refractivity contribution in [3.8, 4) is 0 Å². The molecular weight excluding hydrogens is 416 g/mol. The lowest BCUT2D eigenvalue weighted by atomic mass is 10.1. The van der Waals surface area contributed by atoms with E-state index in [0.29, 0.717) is 18.2 Å². The van der Waals surface area contributed by atoms with Crippen molar-refractivity contribution >= 4 is 40.9 Å². The van der Waals surface area contributed by atoms with Crippen LogP contribution in [0.2, 0.25) is 0 Å². The maximum atomic E-state index is 11.8. The van der Waals surface area contributed by atoms with E-state index in [9.17, 15) is 24.6 Å². The van der Waals surface area contributed by atoms with Crippen LogP contribution in [0.25, 0.3) is 0 Å². The van der Waals surface area contributed by atoms with Crippen molar-refractivity contribution in [2.45, 2.75) is 29.7 Å².